The molecule has 154 valence electrons. The lowest BCUT2D eigenvalue weighted by molar-refractivity contribution is -0.159. The van der Waals surface area contributed by atoms with Gasteiger partial charge in [-0.1, -0.05) is 36.4 Å². The first-order chi connectivity index (χ1) is 13.6. The van der Waals surface area contributed by atoms with Gasteiger partial charge in [0.2, 0.25) is 0 Å². The number of likely N-dealkylation sites (N-methyl/N-ethyl adjacent to an activating group) is 1. The molecule has 0 unspecified atom stereocenters. The molecule has 9 heteroatoms. The molecule has 1 aromatic heterocycles. The third-order valence-corrected chi connectivity index (χ3v) is 5.76. The van der Waals surface area contributed by atoms with Crippen molar-refractivity contribution in [2.75, 3.05) is 20.6 Å². The van der Waals surface area contributed by atoms with Crippen LogP contribution in [0.2, 0.25) is 0 Å². The summed E-state index contributed by atoms with van der Waals surface area (Å²) in [5.74, 6) is -3.65. The zero-order valence-electron chi connectivity index (χ0n) is 16.0. The number of carbonyl (C=O) groups is 2. The molecule has 2 N–H and O–H groups in total. The van der Waals surface area contributed by atoms with Crippen molar-refractivity contribution < 1.29 is 28.2 Å². The van der Waals surface area contributed by atoms with Crippen molar-refractivity contribution in [1.82, 2.24) is 8.87 Å². The fourth-order valence-corrected chi connectivity index (χ4v) is 4.08. The van der Waals surface area contributed by atoms with Crippen molar-refractivity contribution >= 4 is 32.9 Å². The highest BCUT2D eigenvalue weighted by atomic mass is 32.2. The van der Waals surface area contributed by atoms with Crippen molar-refractivity contribution in [2.45, 2.75) is 11.3 Å². The second-order valence-electron chi connectivity index (χ2n) is 6.45. The number of aromatic nitrogens is 1. The number of benzene rings is 2. The van der Waals surface area contributed by atoms with Gasteiger partial charge in [-0.05, 0) is 44.3 Å². The minimum Gasteiger partial charge on any atom is -0.473 e. The average Bonchev–Trinajstić information content (AvgIpc) is 3.07. The number of hydrogen-bond acceptors (Lipinski definition) is 5. The van der Waals surface area contributed by atoms with E-state index in [0.717, 1.165) is 29.4 Å². The smallest absolute Gasteiger partial charge is 0.414 e. The predicted octanol–water partition coefficient (Wildman–Crippen LogP) is 2.14. The molecule has 0 aliphatic rings. The lowest BCUT2D eigenvalue weighted by atomic mass is 10.1. The van der Waals surface area contributed by atoms with Crippen LogP contribution in [0.4, 0.5) is 0 Å². The van der Waals surface area contributed by atoms with Gasteiger partial charge < -0.3 is 15.1 Å². The van der Waals surface area contributed by atoms with Gasteiger partial charge in [0.15, 0.2) is 0 Å². The summed E-state index contributed by atoms with van der Waals surface area (Å²) in [4.78, 5) is 20.6. The van der Waals surface area contributed by atoms with Gasteiger partial charge in [-0.2, -0.15) is 0 Å². The molecule has 0 spiro atoms. The zero-order valence-corrected chi connectivity index (χ0v) is 16.8. The van der Waals surface area contributed by atoms with E-state index in [0.29, 0.717) is 4.90 Å². The van der Waals surface area contributed by atoms with E-state index < -0.39 is 22.0 Å². The lowest BCUT2D eigenvalue weighted by Crippen LogP contribution is -2.15. The molecule has 29 heavy (non-hydrogen) atoms. The van der Waals surface area contributed by atoms with Crippen molar-refractivity contribution in [1.29, 1.82) is 0 Å². The van der Waals surface area contributed by atoms with Crippen molar-refractivity contribution in [3.05, 3.63) is 66.4 Å². The quantitative estimate of drug-likeness (QED) is 0.610. The van der Waals surface area contributed by atoms with E-state index in [-0.39, 0.29) is 0 Å². The summed E-state index contributed by atoms with van der Waals surface area (Å²) >= 11 is 0. The number of nitrogens with zero attached hydrogens (tertiary/aromatic N) is 2. The van der Waals surface area contributed by atoms with Gasteiger partial charge in [0.1, 0.15) is 0 Å². The fraction of sp³-hybridized carbons (Fsp3) is 0.200. The standard InChI is InChI=1S/C18H20N2O2S.C2H2O4/c1-19(2)13-12-15-14-20(18-11-7-6-10-17(15)18)23(21,22)16-8-4-3-5-9-16;3-1(4)2(5)6/h3-11,14H,12-13H2,1-2H3;(H,3,4)(H,5,6). The van der Waals surface area contributed by atoms with E-state index in [4.69, 9.17) is 19.8 Å². The Hall–Kier alpha value is -3.17. The molecule has 3 aromatic rings. The summed E-state index contributed by atoms with van der Waals surface area (Å²) in [6.07, 6.45) is 2.57. The monoisotopic (exact) mass is 418 g/mol. The largest absolute Gasteiger partial charge is 0.473 e. The van der Waals surface area contributed by atoms with Crippen molar-refractivity contribution in [2.24, 2.45) is 0 Å². The van der Waals surface area contributed by atoms with Crippen LogP contribution in [0.3, 0.4) is 0 Å². The summed E-state index contributed by atoms with van der Waals surface area (Å²) in [6, 6.07) is 16.2. The average molecular weight is 418 g/mol. The number of aliphatic carboxylic acids is 2. The molecule has 0 aliphatic carbocycles. The number of hydrogen-bond donors (Lipinski definition) is 2. The van der Waals surface area contributed by atoms with Gasteiger partial charge in [-0.15, -0.1) is 0 Å². The van der Waals surface area contributed by atoms with Crippen molar-refractivity contribution in [3.8, 4) is 0 Å². The minimum absolute atomic E-state index is 0.305. The zero-order chi connectivity index (χ0) is 21.6. The topological polar surface area (TPSA) is 117 Å². The molecule has 0 saturated heterocycles. The molecule has 0 radical (unpaired) electrons. The molecule has 0 amide bonds. The van der Waals surface area contributed by atoms with Crippen LogP contribution < -0.4 is 0 Å². The summed E-state index contributed by atoms with van der Waals surface area (Å²) in [5.41, 5.74) is 1.78. The second-order valence-corrected chi connectivity index (χ2v) is 8.26. The molecule has 0 atom stereocenters. The number of para-hydroxylation sites is 1. The van der Waals surface area contributed by atoms with Crippen LogP contribution in [0.5, 0.6) is 0 Å². The summed E-state index contributed by atoms with van der Waals surface area (Å²) < 4.78 is 27.3. The van der Waals surface area contributed by atoms with E-state index >= 15 is 0 Å². The van der Waals surface area contributed by atoms with E-state index in [1.807, 2.05) is 44.4 Å². The molecular weight excluding hydrogens is 396 g/mol. The maximum atomic E-state index is 13.0. The Labute approximate surface area is 168 Å². The Balaban J connectivity index is 0.000000438. The highest BCUT2D eigenvalue weighted by Gasteiger charge is 2.20. The molecular formula is C20H22N2O6S. The normalized spacial score (nSPS) is 11.1. The van der Waals surface area contributed by atoms with Crippen LogP contribution >= 0.6 is 0 Å². The molecule has 2 aromatic carbocycles. The SMILES string of the molecule is CN(C)CCc1cn(S(=O)(=O)c2ccccc2)c2ccccc12.O=C(O)C(=O)O. The third kappa shape index (κ3) is 5.43. The predicted molar refractivity (Wildman–Crippen MR) is 108 cm³/mol. The van der Waals surface area contributed by atoms with Crippen LogP contribution in [0.1, 0.15) is 5.56 Å². The Morgan fingerprint density at radius 3 is 2.03 bits per heavy atom. The Kier molecular flexibility index (Phi) is 7.13. The van der Waals surface area contributed by atoms with Crippen LogP contribution in [0.25, 0.3) is 10.9 Å². The third-order valence-electron chi connectivity index (χ3n) is 4.07. The Morgan fingerprint density at radius 2 is 1.48 bits per heavy atom. The van der Waals surface area contributed by atoms with E-state index in [2.05, 4.69) is 4.90 Å². The Morgan fingerprint density at radius 1 is 0.931 bits per heavy atom. The number of fused-ring (bicyclic) bond motifs is 1. The molecule has 3 rings (SSSR count). The van der Waals surface area contributed by atoms with Crippen LogP contribution in [0, 0.1) is 0 Å². The lowest BCUT2D eigenvalue weighted by Gasteiger charge is -2.08. The maximum absolute atomic E-state index is 13.0. The van der Waals surface area contributed by atoms with Gasteiger partial charge in [-0.3, -0.25) is 0 Å². The molecule has 0 bridgehead atoms. The number of carboxylic acids is 2. The number of rotatable bonds is 5. The first kappa shape index (κ1) is 22.1. The van der Waals surface area contributed by atoms with Crippen LogP contribution in [-0.4, -0.2) is 60.1 Å². The molecule has 0 fully saturated rings. The minimum atomic E-state index is -3.58. The van der Waals surface area contributed by atoms with Gasteiger partial charge >= 0.3 is 11.9 Å². The maximum Gasteiger partial charge on any atom is 0.414 e. The van der Waals surface area contributed by atoms with E-state index in [1.54, 1.807) is 30.5 Å². The number of carboxylic acid groups (broad SMARTS) is 2. The van der Waals surface area contributed by atoms with E-state index in [9.17, 15) is 8.42 Å². The van der Waals surface area contributed by atoms with Gasteiger partial charge in [0.05, 0.1) is 10.4 Å². The molecule has 1 heterocycles. The van der Waals surface area contributed by atoms with Crippen LogP contribution in [-0.2, 0) is 26.0 Å². The first-order valence-electron chi connectivity index (χ1n) is 8.65. The fourth-order valence-electron chi connectivity index (χ4n) is 2.67. The highest BCUT2D eigenvalue weighted by molar-refractivity contribution is 7.90. The van der Waals surface area contributed by atoms with E-state index in [1.165, 1.54) is 3.97 Å². The molecule has 0 saturated carbocycles. The Bertz CT molecular complexity index is 1090. The second kappa shape index (κ2) is 9.35. The first-order valence-corrected chi connectivity index (χ1v) is 10.1. The van der Waals surface area contributed by atoms with Gasteiger partial charge in [-0.25, -0.2) is 22.0 Å². The molecule has 8 nitrogen and oxygen atoms in total. The van der Waals surface area contributed by atoms with Gasteiger partial charge in [0, 0.05) is 18.1 Å². The summed E-state index contributed by atoms with van der Waals surface area (Å²) in [5, 5.41) is 15.8. The van der Waals surface area contributed by atoms with Gasteiger partial charge in [0.25, 0.3) is 10.0 Å². The van der Waals surface area contributed by atoms with Crippen molar-refractivity contribution in [3.63, 3.8) is 0 Å². The molecule has 0 aliphatic heterocycles. The summed E-state index contributed by atoms with van der Waals surface area (Å²) in [6.45, 7) is 0.874. The highest BCUT2D eigenvalue weighted by Crippen LogP contribution is 2.26. The summed E-state index contributed by atoms with van der Waals surface area (Å²) in [7, 11) is 0.447. The van der Waals surface area contributed by atoms with Crippen LogP contribution in [0.15, 0.2) is 65.7 Å².